The molecular weight excluding hydrogens is 366 g/mol. The molecule has 3 rings (SSSR count). The van der Waals surface area contributed by atoms with E-state index in [1.165, 1.54) is 11.3 Å². The van der Waals surface area contributed by atoms with Crippen LogP contribution in [0.1, 0.15) is 41.7 Å². The highest BCUT2D eigenvalue weighted by molar-refractivity contribution is 7.16. The third-order valence-electron chi connectivity index (χ3n) is 4.35. The maximum absolute atomic E-state index is 5.86. The van der Waals surface area contributed by atoms with Crippen LogP contribution in [0.3, 0.4) is 0 Å². The number of imidazole rings is 1. The first-order valence-electron chi connectivity index (χ1n) is 8.89. The van der Waals surface area contributed by atoms with Crippen LogP contribution >= 0.6 is 23.7 Å². The second-order valence-electron chi connectivity index (χ2n) is 6.71. The Morgan fingerprint density at radius 2 is 1.92 bits per heavy atom. The molecule has 1 aromatic carbocycles. The highest BCUT2D eigenvalue weighted by atomic mass is 35.5. The Kier molecular flexibility index (Phi) is 7.58. The van der Waals surface area contributed by atoms with Crippen LogP contribution in [0.25, 0.3) is 4.96 Å². The predicted octanol–water partition coefficient (Wildman–Crippen LogP) is 3.65. The molecule has 2 N–H and O–H groups in total. The van der Waals surface area contributed by atoms with Crippen molar-refractivity contribution >= 4 is 28.7 Å². The summed E-state index contributed by atoms with van der Waals surface area (Å²) in [6.45, 7) is 9.77. The largest absolute Gasteiger partial charge is 0.329 e. The second-order valence-corrected chi connectivity index (χ2v) is 7.87. The third-order valence-corrected chi connectivity index (χ3v) is 5.18. The van der Waals surface area contributed by atoms with Crippen molar-refractivity contribution in [2.75, 3.05) is 19.6 Å². The van der Waals surface area contributed by atoms with E-state index in [0.29, 0.717) is 12.5 Å². The first kappa shape index (κ1) is 20.8. The molecule has 3 aromatic rings. The highest BCUT2D eigenvalue weighted by Gasteiger charge is 2.20. The van der Waals surface area contributed by atoms with Crippen LogP contribution in [0.15, 0.2) is 30.3 Å². The molecule has 0 unspecified atom stereocenters. The Morgan fingerprint density at radius 1 is 1.19 bits per heavy atom. The van der Waals surface area contributed by atoms with Gasteiger partial charge in [0.05, 0.1) is 11.4 Å². The molecule has 0 spiro atoms. The van der Waals surface area contributed by atoms with Gasteiger partial charge in [-0.3, -0.25) is 4.90 Å². The Balaban J connectivity index is 0.00000243. The fourth-order valence-corrected chi connectivity index (χ4v) is 3.88. The summed E-state index contributed by atoms with van der Waals surface area (Å²) in [6, 6.07) is 10.6. The van der Waals surface area contributed by atoms with Crippen molar-refractivity contribution in [1.82, 2.24) is 19.5 Å². The van der Waals surface area contributed by atoms with E-state index in [9.17, 15) is 0 Å². The number of fused-ring (bicyclic) bond motifs is 1. The maximum Gasteiger partial charge on any atom is 0.212 e. The zero-order valence-electron chi connectivity index (χ0n) is 15.7. The summed E-state index contributed by atoms with van der Waals surface area (Å²) in [5.41, 5.74) is 9.58. The number of rotatable bonds is 8. The molecule has 0 fully saturated rings. The third kappa shape index (κ3) is 4.82. The van der Waals surface area contributed by atoms with E-state index in [2.05, 4.69) is 54.2 Å². The lowest BCUT2D eigenvalue weighted by Gasteiger charge is -2.22. The van der Waals surface area contributed by atoms with E-state index < -0.39 is 0 Å². The molecule has 0 saturated heterocycles. The Hall–Kier alpha value is -1.47. The molecule has 0 atom stereocenters. The molecule has 26 heavy (non-hydrogen) atoms. The van der Waals surface area contributed by atoms with Crippen molar-refractivity contribution in [2.45, 2.75) is 39.7 Å². The normalized spacial score (nSPS) is 11.5. The second kappa shape index (κ2) is 9.46. The van der Waals surface area contributed by atoms with Gasteiger partial charge in [0.2, 0.25) is 4.96 Å². The summed E-state index contributed by atoms with van der Waals surface area (Å²) in [7, 11) is 0. The van der Waals surface area contributed by atoms with Crippen LogP contribution in [0, 0.1) is 6.92 Å². The lowest BCUT2D eigenvalue weighted by molar-refractivity contribution is 0.270. The average molecular weight is 394 g/mol. The van der Waals surface area contributed by atoms with E-state index in [4.69, 9.17) is 10.7 Å². The molecule has 2 heterocycles. The smallest absolute Gasteiger partial charge is 0.212 e. The predicted molar refractivity (Wildman–Crippen MR) is 111 cm³/mol. The van der Waals surface area contributed by atoms with Gasteiger partial charge in [0.1, 0.15) is 5.01 Å². The summed E-state index contributed by atoms with van der Waals surface area (Å²) in [6.07, 6.45) is 1.02. The van der Waals surface area contributed by atoms with Gasteiger partial charge in [0.15, 0.2) is 0 Å². The lowest BCUT2D eigenvalue weighted by Crippen LogP contribution is -2.32. The Labute approximate surface area is 165 Å². The standard InChI is InChI=1S/C19H27N5S.ClH/c1-14(2)18-17(24-19(21-18)25-15(3)22-24)13-23(12-10-20)11-9-16-7-5-4-6-8-16;/h4-8,14H,9-13,20H2,1-3H3;1H. The average Bonchev–Trinajstić information content (AvgIpc) is 3.11. The minimum Gasteiger partial charge on any atom is -0.329 e. The number of nitrogens with two attached hydrogens (primary N) is 1. The lowest BCUT2D eigenvalue weighted by atomic mass is 10.1. The molecule has 5 nitrogen and oxygen atoms in total. The fourth-order valence-electron chi connectivity index (χ4n) is 3.11. The molecule has 7 heteroatoms. The Bertz CT molecular complexity index is 812. The zero-order chi connectivity index (χ0) is 17.8. The van der Waals surface area contributed by atoms with Crippen molar-refractivity contribution in [3.05, 3.63) is 52.3 Å². The fraction of sp³-hybridized carbons (Fsp3) is 0.474. The molecule has 0 aliphatic heterocycles. The van der Waals surface area contributed by atoms with E-state index in [1.807, 2.05) is 11.4 Å². The zero-order valence-corrected chi connectivity index (χ0v) is 17.3. The van der Waals surface area contributed by atoms with Crippen molar-refractivity contribution in [3.63, 3.8) is 0 Å². The number of nitrogens with zero attached hydrogens (tertiary/aromatic N) is 4. The Morgan fingerprint density at radius 3 is 2.58 bits per heavy atom. The SMILES string of the molecule is Cc1nn2c(CN(CCN)CCc3ccccc3)c(C(C)C)nc2s1.Cl. The van der Waals surface area contributed by atoms with Crippen LogP contribution < -0.4 is 5.73 Å². The van der Waals surface area contributed by atoms with Crippen LogP contribution in [-0.2, 0) is 13.0 Å². The number of hydrogen-bond donors (Lipinski definition) is 1. The molecule has 0 aliphatic carbocycles. The first-order valence-corrected chi connectivity index (χ1v) is 9.71. The summed E-state index contributed by atoms with van der Waals surface area (Å²) < 4.78 is 2.03. The molecular formula is C19H28ClN5S. The molecule has 0 radical (unpaired) electrons. The topological polar surface area (TPSA) is 59.5 Å². The van der Waals surface area contributed by atoms with Crippen LogP contribution in [-0.4, -0.2) is 39.1 Å². The van der Waals surface area contributed by atoms with Crippen LogP contribution in [0.5, 0.6) is 0 Å². The van der Waals surface area contributed by atoms with E-state index in [1.54, 1.807) is 11.3 Å². The van der Waals surface area contributed by atoms with Gasteiger partial charge in [-0.05, 0) is 24.8 Å². The highest BCUT2D eigenvalue weighted by Crippen LogP contribution is 2.25. The molecule has 0 amide bonds. The van der Waals surface area contributed by atoms with Gasteiger partial charge in [0.25, 0.3) is 0 Å². The number of halogens is 1. The van der Waals surface area contributed by atoms with Gasteiger partial charge in [-0.1, -0.05) is 55.5 Å². The summed E-state index contributed by atoms with van der Waals surface area (Å²) in [5, 5.41) is 5.71. The molecule has 0 aliphatic rings. The number of aryl methyl sites for hydroxylation is 1. The number of hydrogen-bond acceptors (Lipinski definition) is 5. The maximum atomic E-state index is 5.86. The molecule has 0 bridgehead atoms. The minimum atomic E-state index is 0. The van der Waals surface area contributed by atoms with Crippen molar-refractivity contribution < 1.29 is 0 Å². The van der Waals surface area contributed by atoms with Gasteiger partial charge in [-0.15, -0.1) is 12.4 Å². The summed E-state index contributed by atoms with van der Waals surface area (Å²) in [5.74, 6) is 0.387. The van der Waals surface area contributed by atoms with E-state index >= 15 is 0 Å². The monoisotopic (exact) mass is 393 g/mol. The van der Waals surface area contributed by atoms with Crippen molar-refractivity contribution in [1.29, 1.82) is 0 Å². The van der Waals surface area contributed by atoms with Gasteiger partial charge < -0.3 is 5.73 Å². The summed E-state index contributed by atoms with van der Waals surface area (Å²) >= 11 is 1.65. The first-order chi connectivity index (χ1) is 12.1. The van der Waals surface area contributed by atoms with Crippen LogP contribution in [0.2, 0.25) is 0 Å². The number of benzene rings is 1. The molecule has 142 valence electrons. The molecule has 0 saturated carbocycles. The van der Waals surface area contributed by atoms with Crippen molar-refractivity contribution in [2.24, 2.45) is 5.73 Å². The minimum absolute atomic E-state index is 0. The van der Waals surface area contributed by atoms with Gasteiger partial charge in [-0.2, -0.15) is 5.10 Å². The summed E-state index contributed by atoms with van der Waals surface area (Å²) in [4.78, 5) is 8.23. The van der Waals surface area contributed by atoms with E-state index in [-0.39, 0.29) is 12.4 Å². The number of aromatic nitrogens is 3. The quantitative estimate of drug-likeness (QED) is 0.634. The van der Waals surface area contributed by atoms with Crippen LogP contribution in [0.4, 0.5) is 0 Å². The van der Waals surface area contributed by atoms with Gasteiger partial charge in [-0.25, -0.2) is 9.50 Å². The van der Waals surface area contributed by atoms with Gasteiger partial charge in [0, 0.05) is 26.2 Å². The van der Waals surface area contributed by atoms with Crippen molar-refractivity contribution in [3.8, 4) is 0 Å². The van der Waals surface area contributed by atoms with E-state index in [0.717, 1.165) is 41.7 Å². The molecule has 2 aromatic heterocycles. The van der Waals surface area contributed by atoms with Gasteiger partial charge >= 0.3 is 0 Å².